The smallest absolute Gasteiger partial charge is 0.261 e. The minimum Gasteiger partial charge on any atom is -0.489 e. The maximum atomic E-state index is 12.8. The van der Waals surface area contributed by atoms with Crippen molar-refractivity contribution in [3.05, 3.63) is 76.0 Å². The highest BCUT2D eigenvalue weighted by molar-refractivity contribution is 6.30. The molecule has 31 heavy (non-hydrogen) atoms. The van der Waals surface area contributed by atoms with Crippen molar-refractivity contribution >= 4 is 34.9 Å². The van der Waals surface area contributed by atoms with Crippen LogP contribution in [0, 0.1) is 0 Å². The van der Waals surface area contributed by atoms with Crippen molar-refractivity contribution in [2.75, 3.05) is 6.54 Å². The van der Waals surface area contributed by atoms with E-state index in [9.17, 15) is 19.5 Å². The first-order valence-electron chi connectivity index (χ1n) is 9.68. The number of aliphatic hydroxyl groups is 1. The molecule has 0 radical (unpaired) electrons. The van der Waals surface area contributed by atoms with Gasteiger partial charge in [0.15, 0.2) is 11.9 Å². The van der Waals surface area contributed by atoms with Crippen LogP contribution >= 0.6 is 11.6 Å². The summed E-state index contributed by atoms with van der Waals surface area (Å²) < 4.78 is 5.75. The van der Waals surface area contributed by atoms with Crippen LogP contribution in [0.2, 0.25) is 5.02 Å². The van der Waals surface area contributed by atoms with Crippen LogP contribution in [0.4, 0.5) is 0 Å². The number of carbonyl (C=O) groups excluding carboxylic acids is 3. The molecule has 158 valence electrons. The van der Waals surface area contributed by atoms with Crippen molar-refractivity contribution in [2.45, 2.75) is 26.1 Å². The van der Waals surface area contributed by atoms with Crippen LogP contribution in [0.1, 0.15) is 39.6 Å². The number of hydrogen-bond acceptors (Lipinski definition) is 6. The van der Waals surface area contributed by atoms with Gasteiger partial charge < -0.3 is 9.84 Å². The third-order valence-corrected chi connectivity index (χ3v) is 5.50. The van der Waals surface area contributed by atoms with Gasteiger partial charge in [-0.25, -0.2) is 0 Å². The molecule has 2 aliphatic rings. The Morgan fingerprint density at radius 2 is 1.77 bits per heavy atom. The monoisotopic (exact) mass is 438 g/mol. The summed E-state index contributed by atoms with van der Waals surface area (Å²) in [6.07, 6.45) is 0.228. The maximum Gasteiger partial charge on any atom is 0.261 e. The fourth-order valence-electron chi connectivity index (χ4n) is 3.41. The van der Waals surface area contributed by atoms with Gasteiger partial charge in [-0.2, -0.15) is 0 Å². The van der Waals surface area contributed by atoms with Crippen molar-refractivity contribution in [2.24, 2.45) is 4.99 Å². The van der Waals surface area contributed by atoms with Crippen LogP contribution in [-0.2, 0) is 11.4 Å². The van der Waals surface area contributed by atoms with Gasteiger partial charge >= 0.3 is 0 Å². The molecule has 2 aliphatic heterocycles. The predicted molar refractivity (Wildman–Crippen MR) is 114 cm³/mol. The fraction of sp³-hybridized carbons (Fsp3) is 0.217. The van der Waals surface area contributed by atoms with Gasteiger partial charge in [0.1, 0.15) is 12.4 Å². The summed E-state index contributed by atoms with van der Waals surface area (Å²) in [6.45, 7) is 1.87. The lowest BCUT2D eigenvalue weighted by Gasteiger charge is -2.18. The molecule has 4 rings (SSSR count). The Morgan fingerprint density at radius 3 is 2.52 bits per heavy atom. The Hall–Kier alpha value is -3.29. The van der Waals surface area contributed by atoms with E-state index in [0.717, 1.165) is 10.5 Å². The number of nitrogens with zero attached hydrogens (tertiary/aromatic N) is 2. The summed E-state index contributed by atoms with van der Waals surface area (Å²) in [5.74, 6) is -0.855. The summed E-state index contributed by atoms with van der Waals surface area (Å²) in [5.41, 5.74) is 2.07. The minimum absolute atomic E-state index is 0.0200. The number of carbonyl (C=O) groups is 3. The first kappa shape index (κ1) is 21.0. The van der Waals surface area contributed by atoms with Crippen molar-refractivity contribution in [3.63, 3.8) is 0 Å². The molecule has 0 spiro atoms. The number of hydrogen-bond donors (Lipinski definition) is 1. The number of benzene rings is 2. The molecule has 0 bridgehead atoms. The van der Waals surface area contributed by atoms with E-state index in [1.54, 1.807) is 37.3 Å². The van der Waals surface area contributed by atoms with Gasteiger partial charge in [-0.1, -0.05) is 23.7 Å². The molecule has 7 nitrogen and oxygen atoms in total. The average Bonchev–Trinajstić information content (AvgIpc) is 3.01. The predicted octanol–water partition coefficient (Wildman–Crippen LogP) is 3.19. The normalized spacial score (nSPS) is 18.1. The highest BCUT2D eigenvalue weighted by Gasteiger charge is 2.36. The zero-order chi connectivity index (χ0) is 22.1. The third-order valence-electron chi connectivity index (χ3n) is 5.25. The van der Waals surface area contributed by atoms with Crippen LogP contribution < -0.4 is 4.74 Å². The molecule has 0 aromatic heterocycles. The Balaban J connectivity index is 1.44. The van der Waals surface area contributed by atoms with E-state index in [1.807, 2.05) is 12.1 Å². The van der Waals surface area contributed by atoms with E-state index in [0.29, 0.717) is 28.7 Å². The Bertz CT molecular complexity index is 1140. The van der Waals surface area contributed by atoms with Gasteiger partial charge in [0.2, 0.25) is 0 Å². The molecule has 0 aliphatic carbocycles. The summed E-state index contributed by atoms with van der Waals surface area (Å²) in [6, 6.07) is 12.0. The third kappa shape index (κ3) is 4.15. The number of fused-ring (bicyclic) bond motifs is 1. The molecule has 1 atom stereocenters. The molecule has 2 aromatic rings. The molecule has 1 N–H and O–H groups in total. The van der Waals surface area contributed by atoms with Crippen LogP contribution in [0.25, 0.3) is 0 Å². The van der Waals surface area contributed by atoms with Crippen LogP contribution in [0.3, 0.4) is 0 Å². The lowest BCUT2D eigenvalue weighted by atomic mass is 9.99. The van der Waals surface area contributed by atoms with Gasteiger partial charge in [0.05, 0.1) is 16.8 Å². The largest absolute Gasteiger partial charge is 0.489 e. The van der Waals surface area contributed by atoms with E-state index in [2.05, 4.69) is 4.99 Å². The van der Waals surface area contributed by atoms with Crippen molar-refractivity contribution in [1.82, 2.24) is 4.90 Å². The molecule has 1 unspecified atom stereocenters. The second kappa shape index (κ2) is 8.45. The quantitative estimate of drug-likeness (QED) is 0.699. The lowest BCUT2D eigenvalue weighted by Crippen LogP contribution is -2.35. The summed E-state index contributed by atoms with van der Waals surface area (Å²) in [7, 11) is 0. The van der Waals surface area contributed by atoms with Crippen LogP contribution in [0.15, 0.2) is 59.2 Å². The Morgan fingerprint density at radius 1 is 1.06 bits per heavy atom. The molecule has 2 aromatic carbocycles. The topological polar surface area (TPSA) is 96.3 Å². The van der Waals surface area contributed by atoms with Crippen LogP contribution in [0.5, 0.6) is 5.75 Å². The highest BCUT2D eigenvalue weighted by atomic mass is 35.5. The highest BCUT2D eigenvalue weighted by Crippen LogP contribution is 2.28. The van der Waals surface area contributed by atoms with E-state index in [-0.39, 0.29) is 24.1 Å². The molecule has 2 heterocycles. The number of rotatable bonds is 6. The number of imide groups is 1. The van der Waals surface area contributed by atoms with Crippen molar-refractivity contribution in [1.29, 1.82) is 0 Å². The molecule has 8 heteroatoms. The molecular weight excluding hydrogens is 420 g/mol. The zero-order valence-electron chi connectivity index (χ0n) is 16.7. The van der Waals surface area contributed by atoms with Gasteiger partial charge in [0, 0.05) is 23.3 Å². The second-order valence-electron chi connectivity index (χ2n) is 7.33. The summed E-state index contributed by atoms with van der Waals surface area (Å²) in [5, 5.41) is 10.5. The zero-order valence-corrected chi connectivity index (χ0v) is 17.4. The van der Waals surface area contributed by atoms with Gasteiger partial charge in [-0.3, -0.25) is 24.3 Å². The van der Waals surface area contributed by atoms with E-state index < -0.39 is 23.7 Å². The molecule has 0 fully saturated rings. The standard InChI is InChI=1S/C23H19ClN2O5/c1-13-20(27)21(28)15(11-25-13)8-9-26-22(29)18-7-6-17(10-19(18)23(26)30)31-12-14-2-4-16(24)5-3-14/h2-7,10-11,20,27H,8-9,12H2,1H3. The molecular formula is C23H19ClN2O5. The van der Waals surface area contributed by atoms with Crippen LogP contribution in [-0.4, -0.2) is 46.0 Å². The molecule has 0 saturated heterocycles. The number of ether oxygens (including phenoxy) is 1. The maximum absolute atomic E-state index is 12.8. The second-order valence-corrected chi connectivity index (χ2v) is 7.76. The van der Waals surface area contributed by atoms with E-state index in [4.69, 9.17) is 16.3 Å². The van der Waals surface area contributed by atoms with Crippen molar-refractivity contribution in [3.8, 4) is 5.75 Å². The number of Topliss-reactive ketones (excluding diaryl/α,β-unsaturated/α-hetero) is 1. The molecule has 2 amide bonds. The Kier molecular flexibility index (Phi) is 5.71. The number of amides is 2. The number of aliphatic imine (C=N–C) groups is 1. The Labute approximate surface area is 183 Å². The fourth-order valence-corrected chi connectivity index (χ4v) is 3.54. The first-order valence-corrected chi connectivity index (χ1v) is 10.1. The van der Waals surface area contributed by atoms with Gasteiger partial charge in [-0.15, -0.1) is 0 Å². The average molecular weight is 439 g/mol. The number of ketones is 1. The molecule has 0 saturated carbocycles. The SMILES string of the molecule is CC1=NC=C(CCN2C(=O)c3ccc(OCc4ccc(Cl)cc4)cc3C2=O)C(=O)C1O. The number of halogens is 1. The number of aliphatic hydroxyl groups excluding tert-OH is 1. The van der Waals surface area contributed by atoms with Gasteiger partial charge in [0.25, 0.3) is 11.8 Å². The summed E-state index contributed by atoms with van der Waals surface area (Å²) >= 11 is 5.88. The first-order chi connectivity index (χ1) is 14.8. The van der Waals surface area contributed by atoms with Gasteiger partial charge in [-0.05, 0) is 49.2 Å². The summed E-state index contributed by atoms with van der Waals surface area (Å²) in [4.78, 5) is 42.7. The lowest BCUT2D eigenvalue weighted by molar-refractivity contribution is -0.120. The minimum atomic E-state index is -1.28. The van der Waals surface area contributed by atoms with E-state index >= 15 is 0 Å². The van der Waals surface area contributed by atoms with E-state index in [1.165, 1.54) is 6.20 Å². The van der Waals surface area contributed by atoms with Crippen molar-refractivity contribution < 1.29 is 24.2 Å².